The average Bonchev–Trinajstić information content (AvgIpc) is 2.38. The summed E-state index contributed by atoms with van der Waals surface area (Å²) < 4.78 is 52.0. The summed E-state index contributed by atoms with van der Waals surface area (Å²) in [7, 11) is 0. The third-order valence-corrected chi connectivity index (χ3v) is 2.64. The lowest BCUT2D eigenvalue weighted by Crippen LogP contribution is -2.10. The zero-order valence-electron chi connectivity index (χ0n) is 10.3. The van der Waals surface area contributed by atoms with Crippen LogP contribution in [0.1, 0.15) is 11.3 Å². The number of benzene rings is 1. The zero-order valence-corrected chi connectivity index (χ0v) is 10.3. The fourth-order valence-corrected chi connectivity index (χ4v) is 1.76. The van der Waals surface area contributed by atoms with Crippen molar-refractivity contribution in [3.8, 4) is 11.4 Å². The van der Waals surface area contributed by atoms with Crippen LogP contribution < -0.4 is 5.73 Å². The van der Waals surface area contributed by atoms with Crippen LogP contribution in [0.3, 0.4) is 0 Å². The number of hydrogen-bond acceptors (Lipinski definition) is 3. The molecule has 1 aromatic heterocycles. The van der Waals surface area contributed by atoms with Gasteiger partial charge in [0.25, 0.3) is 0 Å². The van der Waals surface area contributed by atoms with Gasteiger partial charge in [-0.1, -0.05) is 0 Å². The molecule has 0 amide bonds. The van der Waals surface area contributed by atoms with E-state index in [-0.39, 0.29) is 11.4 Å². The zero-order chi connectivity index (χ0) is 14.8. The number of rotatable bonds is 3. The van der Waals surface area contributed by atoms with Gasteiger partial charge in [0.05, 0.1) is 5.56 Å². The summed E-state index contributed by atoms with van der Waals surface area (Å²) in [5, 5.41) is 0. The van der Waals surface area contributed by atoms with E-state index in [2.05, 4.69) is 9.97 Å². The first-order valence-electron chi connectivity index (χ1n) is 5.81. The van der Waals surface area contributed by atoms with Crippen LogP contribution in [0.4, 0.5) is 17.6 Å². The summed E-state index contributed by atoms with van der Waals surface area (Å²) in [4.78, 5) is 7.78. The maximum Gasteiger partial charge on any atom is 0.417 e. The lowest BCUT2D eigenvalue weighted by atomic mass is 10.1. The molecular weight excluding hydrogens is 274 g/mol. The smallest absolute Gasteiger partial charge is 0.330 e. The van der Waals surface area contributed by atoms with Crippen LogP contribution in [0.5, 0.6) is 0 Å². The van der Waals surface area contributed by atoms with Crippen molar-refractivity contribution in [1.82, 2.24) is 9.97 Å². The summed E-state index contributed by atoms with van der Waals surface area (Å²) in [6.07, 6.45) is -2.86. The molecule has 0 spiro atoms. The first-order valence-corrected chi connectivity index (χ1v) is 5.81. The highest BCUT2D eigenvalue weighted by molar-refractivity contribution is 5.61. The first kappa shape index (κ1) is 14.4. The quantitative estimate of drug-likeness (QED) is 0.882. The Balaban J connectivity index is 2.56. The summed E-state index contributed by atoms with van der Waals surface area (Å²) in [6, 6.07) is 3.78. The number of nitrogens with zero attached hydrogens (tertiary/aromatic N) is 2. The Morgan fingerprint density at radius 1 is 1.15 bits per heavy atom. The monoisotopic (exact) mass is 285 g/mol. The van der Waals surface area contributed by atoms with Crippen molar-refractivity contribution in [2.24, 2.45) is 5.73 Å². The van der Waals surface area contributed by atoms with Gasteiger partial charge in [-0.3, -0.25) is 0 Å². The molecule has 2 aromatic rings. The van der Waals surface area contributed by atoms with Gasteiger partial charge in [-0.15, -0.1) is 0 Å². The normalized spacial score (nSPS) is 11.7. The van der Waals surface area contributed by atoms with Gasteiger partial charge >= 0.3 is 6.18 Å². The minimum absolute atomic E-state index is 0.164. The predicted octanol–water partition coefficient (Wildman–Crippen LogP) is 2.80. The Bertz CT molecular complexity index is 611. The molecule has 2 N–H and O–H groups in total. The van der Waals surface area contributed by atoms with Crippen LogP contribution in [0, 0.1) is 5.82 Å². The second-order valence-electron chi connectivity index (χ2n) is 4.10. The highest BCUT2D eigenvalue weighted by Crippen LogP contribution is 2.36. The summed E-state index contributed by atoms with van der Waals surface area (Å²) in [5.41, 5.74) is 4.53. The van der Waals surface area contributed by atoms with E-state index in [0.29, 0.717) is 24.7 Å². The number of hydrogen-bond donors (Lipinski definition) is 1. The predicted molar refractivity (Wildman–Crippen MR) is 65.2 cm³/mol. The Hall–Kier alpha value is -2.02. The van der Waals surface area contributed by atoms with Gasteiger partial charge in [0, 0.05) is 23.9 Å². The van der Waals surface area contributed by atoms with Crippen molar-refractivity contribution in [2.45, 2.75) is 12.6 Å². The second-order valence-corrected chi connectivity index (χ2v) is 4.10. The lowest BCUT2D eigenvalue weighted by molar-refractivity contribution is -0.137. The highest BCUT2D eigenvalue weighted by Gasteiger charge is 2.34. The topological polar surface area (TPSA) is 51.8 Å². The molecule has 0 saturated heterocycles. The standard InChI is InChI=1S/C13H11F4N3/c14-8-1-2-11(13(15,16)17)10(7-8)12-19-6-4-9(20-12)3-5-18/h1-2,4,6-7H,3,5,18H2. The van der Waals surface area contributed by atoms with Crippen LogP contribution in [-0.4, -0.2) is 16.5 Å². The molecular formula is C13H11F4N3. The molecule has 106 valence electrons. The Labute approximate surface area is 112 Å². The van der Waals surface area contributed by atoms with Gasteiger partial charge in [-0.2, -0.15) is 13.2 Å². The largest absolute Gasteiger partial charge is 0.417 e. The Morgan fingerprint density at radius 2 is 1.90 bits per heavy atom. The third-order valence-electron chi connectivity index (χ3n) is 2.64. The number of alkyl halides is 3. The maximum atomic E-state index is 13.2. The number of nitrogens with two attached hydrogens (primary N) is 1. The fraction of sp³-hybridized carbons (Fsp3) is 0.231. The molecule has 3 nitrogen and oxygen atoms in total. The van der Waals surface area contributed by atoms with Gasteiger partial charge in [0.1, 0.15) is 5.82 Å². The van der Waals surface area contributed by atoms with E-state index in [1.165, 1.54) is 6.20 Å². The van der Waals surface area contributed by atoms with E-state index in [0.717, 1.165) is 12.1 Å². The Kier molecular flexibility index (Phi) is 3.99. The SMILES string of the molecule is NCCc1ccnc(-c2cc(F)ccc2C(F)(F)F)n1. The van der Waals surface area contributed by atoms with E-state index in [4.69, 9.17) is 5.73 Å². The van der Waals surface area contributed by atoms with Crippen LogP contribution in [0.25, 0.3) is 11.4 Å². The van der Waals surface area contributed by atoms with Gasteiger partial charge in [-0.05, 0) is 30.8 Å². The molecule has 0 aliphatic heterocycles. The molecule has 1 heterocycles. The summed E-state index contributed by atoms with van der Waals surface area (Å²) in [5.74, 6) is -0.941. The van der Waals surface area contributed by atoms with E-state index >= 15 is 0 Å². The summed E-state index contributed by atoms with van der Waals surface area (Å²) >= 11 is 0. The van der Waals surface area contributed by atoms with Gasteiger partial charge < -0.3 is 5.73 Å². The van der Waals surface area contributed by atoms with Crippen LogP contribution in [0.2, 0.25) is 0 Å². The van der Waals surface area contributed by atoms with E-state index in [1.54, 1.807) is 6.07 Å². The molecule has 0 atom stereocenters. The Morgan fingerprint density at radius 3 is 2.55 bits per heavy atom. The van der Waals surface area contributed by atoms with Crippen LogP contribution in [-0.2, 0) is 12.6 Å². The average molecular weight is 285 g/mol. The molecule has 0 aliphatic rings. The van der Waals surface area contributed by atoms with Gasteiger partial charge in [-0.25, -0.2) is 14.4 Å². The molecule has 20 heavy (non-hydrogen) atoms. The number of halogens is 4. The van der Waals surface area contributed by atoms with Crippen molar-refractivity contribution in [1.29, 1.82) is 0 Å². The van der Waals surface area contributed by atoms with Gasteiger partial charge in [0.2, 0.25) is 0 Å². The number of aromatic nitrogens is 2. The van der Waals surface area contributed by atoms with Crippen molar-refractivity contribution in [2.75, 3.05) is 6.54 Å². The molecule has 2 rings (SSSR count). The van der Waals surface area contributed by atoms with E-state index in [9.17, 15) is 17.6 Å². The van der Waals surface area contributed by atoms with Crippen LogP contribution in [0.15, 0.2) is 30.5 Å². The van der Waals surface area contributed by atoms with E-state index < -0.39 is 17.6 Å². The van der Waals surface area contributed by atoms with Crippen molar-refractivity contribution < 1.29 is 17.6 Å². The molecule has 0 aliphatic carbocycles. The minimum Gasteiger partial charge on any atom is -0.330 e. The van der Waals surface area contributed by atoms with E-state index in [1.807, 2.05) is 0 Å². The molecule has 0 bridgehead atoms. The van der Waals surface area contributed by atoms with Crippen LogP contribution >= 0.6 is 0 Å². The fourth-order valence-electron chi connectivity index (χ4n) is 1.76. The molecule has 0 radical (unpaired) electrons. The molecule has 0 saturated carbocycles. The molecule has 7 heteroatoms. The van der Waals surface area contributed by atoms with Crippen molar-refractivity contribution in [3.63, 3.8) is 0 Å². The maximum absolute atomic E-state index is 13.2. The first-order chi connectivity index (χ1) is 9.41. The molecule has 0 fully saturated rings. The van der Waals surface area contributed by atoms with Crippen molar-refractivity contribution in [3.05, 3.63) is 47.5 Å². The molecule has 1 aromatic carbocycles. The minimum atomic E-state index is -4.60. The van der Waals surface area contributed by atoms with Gasteiger partial charge in [0.15, 0.2) is 5.82 Å². The second kappa shape index (κ2) is 5.54. The third kappa shape index (κ3) is 3.11. The lowest BCUT2D eigenvalue weighted by Gasteiger charge is -2.12. The summed E-state index contributed by atoms with van der Waals surface area (Å²) in [6.45, 7) is 0.311. The van der Waals surface area contributed by atoms with Crippen molar-refractivity contribution >= 4 is 0 Å². The molecule has 0 unspecified atom stereocenters. The highest BCUT2D eigenvalue weighted by atomic mass is 19.4.